The first-order valence-electron chi connectivity index (χ1n) is 9.10. The molecule has 1 heterocycles. The van der Waals surface area contributed by atoms with E-state index >= 15 is 0 Å². The van der Waals surface area contributed by atoms with E-state index in [-0.39, 0.29) is 5.75 Å². The predicted octanol–water partition coefficient (Wildman–Crippen LogP) is 3.95. The fourth-order valence-electron chi connectivity index (χ4n) is 3.18. The van der Waals surface area contributed by atoms with Crippen molar-refractivity contribution in [3.63, 3.8) is 0 Å². The van der Waals surface area contributed by atoms with Gasteiger partial charge < -0.3 is 5.11 Å². The van der Waals surface area contributed by atoms with Gasteiger partial charge in [-0.05, 0) is 30.4 Å². The minimum absolute atomic E-state index is 0.0521. The molecule has 0 unspecified atom stereocenters. The molecule has 3 rings (SSSR count). The van der Waals surface area contributed by atoms with Crippen LogP contribution in [-0.4, -0.2) is 37.9 Å². The van der Waals surface area contributed by atoms with E-state index in [1.165, 1.54) is 24.8 Å². The SMILES string of the molecule is CCc1ccc(/C=N\n2c(SCC(=O)O)nnc2C2CCCCC2)cc1. The largest absolute Gasteiger partial charge is 0.481 e. The molecule has 7 heteroatoms. The summed E-state index contributed by atoms with van der Waals surface area (Å²) in [6.07, 6.45) is 8.61. The van der Waals surface area contributed by atoms with Crippen LogP contribution in [0, 0.1) is 0 Å². The van der Waals surface area contributed by atoms with Crippen molar-refractivity contribution in [1.82, 2.24) is 14.9 Å². The van der Waals surface area contributed by atoms with Crippen LogP contribution < -0.4 is 0 Å². The number of carboxylic acid groups (broad SMARTS) is 1. The summed E-state index contributed by atoms with van der Waals surface area (Å²) in [4.78, 5) is 10.9. The average molecular weight is 372 g/mol. The molecule has 1 aromatic carbocycles. The Morgan fingerprint density at radius 1 is 1.27 bits per heavy atom. The Kier molecular flexibility index (Phi) is 6.44. The van der Waals surface area contributed by atoms with Crippen molar-refractivity contribution in [3.8, 4) is 0 Å². The molecule has 0 aliphatic heterocycles. The molecule has 26 heavy (non-hydrogen) atoms. The second-order valence-corrected chi connectivity index (χ2v) is 7.45. The summed E-state index contributed by atoms with van der Waals surface area (Å²) in [6, 6.07) is 8.26. The number of hydrogen-bond donors (Lipinski definition) is 1. The number of hydrogen-bond acceptors (Lipinski definition) is 5. The number of aryl methyl sites for hydroxylation is 1. The third kappa shape index (κ3) is 4.72. The van der Waals surface area contributed by atoms with Crippen LogP contribution in [0.5, 0.6) is 0 Å². The first-order valence-corrected chi connectivity index (χ1v) is 10.1. The van der Waals surface area contributed by atoms with Gasteiger partial charge in [0, 0.05) is 5.92 Å². The van der Waals surface area contributed by atoms with Crippen LogP contribution in [0.15, 0.2) is 34.5 Å². The Balaban J connectivity index is 1.86. The molecule has 0 bridgehead atoms. The second-order valence-electron chi connectivity index (χ2n) is 6.51. The molecule has 2 aromatic rings. The monoisotopic (exact) mass is 372 g/mol. The summed E-state index contributed by atoms with van der Waals surface area (Å²) in [5, 5.41) is 22.6. The number of carboxylic acids is 1. The summed E-state index contributed by atoms with van der Waals surface area (Å²) in [5.74, 6) is 0.265. The van der Waals surface area contributed by atoms with Crippen molar-refractivity contribution >= 4 is 23.9 Å². The Hall–Kier alpha value is -2.15. The van der Waals surface area contributed by atoms with Crippen molar-refractivity contribution in [2.75, 3.05) is 5.75 Å². The summed E-state index contributed by atoms with van der Waals surface area (Å²) in [5.41, 5.74) is 2.28. The Labute approximate surface area is 157 Å². The van der Waals surface area contributed by atoms with Crippen molar-refractivity contribution in [2.45, 2.75) is 56.5 Å². The van der Waals surface area contributed by atoms with Crippen molar-refractivity contribution in [1.29, 1.82) is 0 Å². The number of nitrogens with zero attached hydrogens (tertiary/aromatic N) is 4. The van der Waals surface area contributed by atoms with Crippen LogP contribution in [0.25, 0.3) is 0 Å². The van der Waals surface area contributed by atoms with E-state index in [1.54, 1.807) is 10.9 Å². The summed E-state index contributed by atoms with van der Waals surface area (Å²) in [6.45, 7) is 2.13. The Bertz CT molecular complexity index is 764. The number of carbonyl (C=O) groups is 1. The van der Waals surface area contributed by atoms with Gasteiger partial charge in [0.1, 0.15) is 0 Å². The van der Waals surface area contributed by atoms with Crippen LogP contribution in [0.1, 0.15) is 61.9 Å². The van der Waals surface area contributed by atoms with E-state index in [2.05, 4.69) is 34.4 Å². The lowest BCUT2D eigenvalue weighted by Gasteiger charge is -2.20. The highest BCUT2D eigenvalue weighted by molar-refractivity contribution is 7.99. The highest BCUT2D eigenvalue weighted by atomic mass is 32.2. The molecule has 1 aliphatic rings. The van der Waals surface area contributed by atoms with Crippen LogP contribution in [0.3, 0.4) is 0 Å². The van der Waals surface area contributed by atoms with Gasteiger partial charge in [-0.2, -0.15) is 9.78 Å². The highest BCUT2D eigenvalue weighted by Crippen LogP contribution is 2.33. The molecule has 1 aromatic heterocycles. The Morgan fingerprint density at radius 2 is 2.00 bits per heavy atom. The zero-order valence-corrected chi connectivity index (χ0v) is 15.8. The molecule has 0 radical (unpaired) electrons. The first-order chi connectivity index (χ1) is 12.7. The van der Waals surface area contributed by atoms with E-state index in [0.29, 0.717) is 11.1 Å². The molecule has 1 fully saturated rings. The summed E-state index contributed by atoms with van der Waals surface area (Å²) < 4.78 is 1.73. The molecule has 6 nitrogen and oxygen atoms in total. The number of aromatic nitrogens is 3. The zero-order valence-electron chi connectivity index (χ0n) is 15.0. The molecular weight excluding hydrogens is 348 g/mol. The van der Waals surface area contributed by atoms with Gasteiger partial charge in [0.2, 0.25) is 5.16 Å². The first kappa shape index (κ1) is 18.6. The number of aliphatic carboxylic acids is 1. The lowest BCUT2D eigenvalue weighted by Crippen LogP contribution is -2.11. The Morgan fingerprint density at radius 3 is 2.65 bits per heavy atom. The number of benzene rings is 1. The van der Waals surface area contributed by atoms with Gasteiger partial charge >= 0.3 is 5.97 Å². The standard InChI is InChI=1S/C19H24N4O2S/c1-2-14-8-10-15(11-9-14)12-20-23-18(16-6-4-3-5-7-16)21-22-19(23)26-13-17(24)25/h8-12,16H,2-7,13H2,1H3,(H,24,25)/b20-12-. The highest BCUT2D eigenvalue weighted by Gasteiger charge is 2.23. The number of rotatable bonds is 7. The fraction of sp³-hybridized carbons (Fsp3) is 0.474. The minimum atomic E-state index is -0.872. The van der Waals surface area contributed by atoms with Crippen LogP contribution >= 0.6 is 11.8 Å². The molecule has 1 N–H and O–H groups in total. The molecule has 1 saturated carbocycles. The molecule has 138 valence electrons. The average Bonchev–Trinajstić information content (AvgIpc) is 3.08. The molecule has 0 saturated heterocycles. The van der Waals surface area contributed by atoms with Gasteiger partial charge in [-0.15, -0.1) is 10.2 Å². The summed E-state index contributed by atoms with van der Waals surface area (Å²) in [7, 11) is 0. The topological polar surface area (TPSA) is 80.4 Å². The molecule has 0 atom stereocenters. The third-order valence-corrected chi connectivity index (χ3v) is 5.55. The van der Waals surface area contributed by atoms with Crippen molar-refractivity contribution in [2.24, 2.45) is 5.10 Å². The predicted molar refractivity (Wildman–Crippen MR) is 103 cm³/mol. The van der Waals surface area contributed by atoms with E-state index in [0.717, 1.165) is 42.4 Å². The van der Waals surface area contributed by atoms with E-state index in [9.17, 15) is 4.79 Å². The van der Waals surface area contributed by atoms with E-state index in [1.807, 2.05) is 12.1 Å². The zero-order chi connectivity index (χ0) is 18.4. The molecule has 0 spiro atoms. The third-order valence-electron chi connectivity index (χ3n) is 4.64. The minimum Gasteiger partial charge on any atom is -0.481 e. The maximum absolute atomic E-state index is 10.9. The number of thioether (sulfide) groups is 1. The van der Waals surface area contributed by atoms with E-state index in [4.69, 9.17) is 5.11 Å². The molecule has 0 amide bonds. The lowest BCUT2D eigenvalue weighted by molar-refractivity contribution is -0.133. The quantitative estimate of drug-likeness (QED) is 0.588. The molecule has 1 aliphatic carbocycles. The van der Waals surface area contributed by atoms with Crippen LogP contribution in [0.2, 0.25) is 0 Å². The van der Waals surface area contributed by atoms with Gasteiger partial charge in [-0.25, -0.2) is 0 Å². The fourth-order valence-corrected chi connectivity index (χ4v) is 3.79. The van der Waals surface area contributed by atoms with Crippen molar-refractivity contribution in [3.05, 3.63) is 41.2 Å². The normalized spacial score (nSPS) is 15.6. The van der Waals surface area contributed by atoms with E-state index < -0.39 is 5.97 Å². The second kappa shape index (κ2) is 8.98. The van der Waals surface area contributed by atoms with Crippen LogP contribution in [-0.2, 0) is 11.2 Å². The van der Waals surface area contributed by atoms with Crippen LogP contribution in [0.4, 0.5) is 0 Å². The van der Waals surface area contributed by atoms with Crippen molar-refractivity contribution < 1.29 is 9.90 Å². The molecular formula is C19H24N4O2S. The van der Waals surface area contributed by atoms with Gasteiger partial charge in [-0.3, -0.25) is 4.79 Å². The van der Waals surface area contributed by atoms with Gasteiger partial charge in [0.05, 0.1) is 12.0 Å². The lowest BCUT2D eigenvalue weighted by atomic mass is 9.89. The van der Waals surface area contributed by atoms with Gasteiger partial charge in [0.25, 0.3) is 0 Å². The maximum Gasteiger partial charge on any atom is 0.313 e. The maximum atomic E-state index is 10.9. The van der Waals surface area contributed by atoms with Gasteiger partial charge in [-0.1, -0.05) is 62.2 Å². The van der Waals surface area contributed by atoms with Gasteiger partial charge in [0.15, 0.2) is 5.82 Å². The summed E-state index contributed by atoms with van der Waals surface area (Å²) >= 11 is 1.16. The smallest absolute Gasteiger partial charge is 0.313 e.